The second kappa shape index (κ2) is 10.7. The van der Waals surface area contributed by atoms with Gasteiger partial charge in [0.1, 0.15) is 5.75 Å². The maximum atomic E-state index is 13.2. The lowest BCUT2D eigenvalue weighted by atomic mass is 10.0. The number of benzene rings is 4. The van der Waals surface area contributed by atoms with Crippen molar-refractivity contribution in [2.75, 3.05) is 11.9 Å². The fraction of sp³-hybridized carbons (Fsp3) is 0.100. The topological polar surface area (TPSA) is 75.7 Å². The number of aryl methyl sites for hydroxylation is 1. The summed E-state index contributed by atoms with van der Waals surface area (Å²) in [6, 6.07) is 28.4. The molecule has 1 fully saturated rings. The number of nitrogens with zero attached hydrogens (tertiary/aromatic N) is 1. The van der Waals surface area contributed by atoms with Gasteiger partial charge in [-0.25, -0.2) is 0 Å². The van der Waals surface area contributed by atoms with Crippen molar-refractivity contribution in [2.24, 2.45) is 0 Å². The van der Waals surface area contributed by atoms with Crippen molar-refractivity contribution >= 4 is 51.4 Å². The first-order chi connectivity index (χ1) is 18.0. The molecule has 0 bridgehead atoms. The Morgan fingerprint density at radius 3 is 2.49 bits per heavy atom. The number of amides is 3. The average Bonchev–Trinajstić information content (AvgIpc) is 3.17. The van der Waals surface area contributed by atoms with Crippen LogP contribution >= 0.6 is 11.8 Å². The number of hydrogen-bond donors (Lipinski definition) is 1. The molecule has 7 heteroatoms. The SMILES string of the molecule is Cc1ccc(NC(=O)COc2ccccc2/C=C2/SC(=O)N(Cc3cccc4ccccc34)C2=O)cc1. The Kier molecular flexibility index (Phi) is 7.05. The van der Waals surface area contributed by atoms with Crippen molar-refractivity contribution < 1.29 is 19.1 Å². The number of nitrogens with one attached hydrogen (secondary N) is 1. The molecule has 0 unspecified atom stereocenters. The van der Waals surface area contributed by atoms with Crippen LogP contribution in [0.15, 0.2) is 95.9 Å². The quantitative estimate of drug-likeness (QED) is 0.292. The van der Waals surface area contributed by atoms with E-state index in [-0.39, 0.29) is 30.2 Å². The maximum Gasteiger partial charge on any atom is 0.293 e. The predicted molar refractivity (Wildman–Crippen MR) is 147 cm³/mol. The van der Waals surface area contributed by atoms with E-state index >= 15 is 0 Å². The molecule has 4 aromatic carbocycles. The first-order valence-electron chi connectivity index (χ1n) is 11.8. The van der Waals surface area contributed by atoms with Gasteiger partial charge < -0.3 is 10.1 Å². The van der Waals surface area contributed by atoms with Gasteiger partial charge in [0, 0.05) is 11.3 Å². The molecular weight excluding hydrogens is 484 g/mol. The fourth-order valence-electron chi connectivity index (χ4n) is 4.09. The number of anilines is 1. The summed E-state index contributed by atoms with van der Waals surface area (Å²) in [6.07, 6.45) is 1.64. The third-order valence-corrected chi connectivity index (χ3v) is 6.89. The number of hydrogen-bond acceptors (Lipinski definition) is 5. The summed E-state index contributed by atoms with van der Waals surface area (Å²) in [5, 5.41) is 4.54. The molecule has 0 spiro atoms. The zero-order chi connectivity index (χ0) is 25.8. The molecule has 0 atom stereocenters. The number of ether oxygens (including phenoxy) is 1. The summed E-state index contributed by atoms with van der Waals surface area (Å²) in [5.41, 5.74) is 3.31. The summed E-state index contributed by atoms with van der Waals surface area (Å²) in [7, 11) is 0. The first-order valence-corrected chi connectivity index (χ1v) is 12.6. The minimum atomic E-state index is -0.352. The van der Waals surface area contributed by atoms with Crippen LogP contribution in [0, 0.1) is 6.92 Å². The molecule has 4 aromatic rings. The smallest absolute Gasteiger partial charge is 0.293 e. The van der Waals surface area contributed by atoms with Crippen molar-refractivity contribution in [3.05, 3.63) is 113 Å². The maximum absolute atomic E-state index is 13.2. The highest BCUT2D eigenvalue weighted by Crippen LogP contribution is 2.35. The number of rotatable bonds is 7. The third kappa shape index (κ3) is 5.57. The Bertz CT molecular complexity index is 1520. The van der Waals surface area contributed by atoms with Gasteiger partial charge >= 0.3 is 0 Å². The molecule has 37 heavy (non-hydrogen) atoms. The molecule has 1 N–H and O–H groups in total. The van der Waals surface area contributed by atoms with Crippen molar-refractivity contribution in [3.63, 3.8) is 0 Å². The van der Waals surface area contributed by atoms with Gasteiger partial charge in [-0.15, -0.1) is 0 Å². The standard InChI is InChI=1S/C30H24N2O4S/c1-20-13-15-24(16-14-20)31-28(33)19-36-26-12-5-3-8-22(26)17-27-29(34)32(30(35)37-27)18-23-10-6-9-21-7-2-4-11-25(21)23/h2-17H,18-19H2,1H3,(H,31,33)/b27-17+. The molecule has 6 nitrogen and oxygen atoms in total. The molecule has 0 aliphatic carbocycles. The molecule has 1 saturated heterocycles. The highest BCUT2D eigenvalue weighted by molar-refractivity contribution is 8.18. The van der Waals surface area contributed by atoms with Crippen molar-refractivity contribution in [2.45, 2.75) is 13.5 Å². The van der Waals surface area contributed by atoms with E-state index < -0.39 is 0 Å². The number of fused-ring (bicyclic) bond motifs is 1. The minimum Gasteiger partial charge on any atom is -0.483 e. The molecule has 0 radical (unpaired) electrons. The van der Waals surface area contributed by atoms with Crippen LogP contribution in [0.4, 0.5) is 10.5 Å². The Balaban J connectivity index is 1.29. The molecule has 0 saturated carbocycles. The molecule has 1 heterocycles. The van der Waals surface area contributed by atoms with Gasteiger partial charge in [-0.3, -0.25) is 19.3 Å². The summed E-state index contributed by atoms with van der Waals surface area (Å²) in [5.74, 6) is -0.202. The van der Waals surface area contributed by atoms with E-state index in [9.17, 15) is 14.4 Å². The molecule has 1 aliphatic heterocycles. The largest absolute Gasteiger partial charge is 0.483 e. The van der Waals surface area contributed by atoms with Gasteiger partial charge in [0.05, 0.1) is 11.4 Å². The summed E-state index contributed by atoms with van der Waals surface area (Å²) < 4.78 is 5.76. The molecule has 1 aliphatic rings. The van der Waals surface area contributed by atoms with E-state index in [1.807, 2.05) is 79.7 Å². The molecule has 3 amide bonds. The Hall–Kier alpha value is -4.36. The molecule has 184 valence electrons. The minimum absolute atomic E-state index is 0.193. The van der Waals surface area contributed by atoms with Crippen LogP contribution in [0.2, 0.25) is 0 Å². The van der Waals surface area contributed by atoms with E-state index in [1.165, 1.54) is 4.90 Å². The lowest BCUT2D eigenvalue weighted by molar-refractivity contribution is -0.123. The van der Waals surface area contributed by atoms with E-state index in [2.05, 4.69) is 5.32 Å². The van der Waals surface area contributed by atoms with Crippen LogP contribution in [0.1, 0.15) is 16.7 Å². The Morgan fingerprint density at radius 2 is 1.65 bits per heavy atom. The normalized spacial score (nSPS) is 14.4. The van der Waals surface area contributed by atoms with E-state index in [1.54, 1.807) is 24.3 Å². The van der Waals surface area contributed by atoms with Gasteiger partial charge in [0.15, 0.2) is 6.61 Å². The Morgan fingerprint density at radius 1 is 0.919 bits per heavy atom. The van der Waals surface area contributed by atoms with Crippen molar-refractivity contribution in [1.29, 1.82) is 0 Å². The highest BCUT2D eigenvalue weighted by atomic mass is 32.2. The Labute approximate surface area is 218 Å². The lowest BCUT2D eigenvalue weighted by Crippen LogP contribution is -2.27. The van der Waals surface area contributed by atoms with Crippen LogP contribution in [0.25, 0.3) is 16.8 Å². The fourth-order valence-corrected chi connectivity index (χ4v) is 4.92. The van der Waals surface area contributed by atoms with Crippen LogP contribution in [0.5, 0.6) is 5.75 Å². The second-order valence-electron chi connectivity index (χ2n) is 8.65. The molecular formula is C30H24N2O4S. The highest BCUT2D eigenvalue weighted by Gasteiger charge is 2.35. The number of thioether (sulfide) groups is 1. The van der Waals surface area contributed by atoms with Crippen LogP contribution in [-0.4, -0.2) is 28.6 Å². The zero-order valence-corrected chi connectivity index (χ0v) is 21.0. The van der Waals surface area contributed by atoms with Gasteiger partial charge in [-0.1, -0.05) is 78.4 Å². The van der Waals surface area contributed by atoms with E-state index in [4.69, 9.17) is 4.74 Å². The lowest BCUT2D eigenvalue weighted by Gasteiger charge is -2.14. The second-order valence-corrected chi connectivity index (χ2v) is 9.64. The number of carbonyl (C=O) groups excluding carboxylic acids is 3. The van der Waals surface area contributed by atoms with Gasteiger partial charge in [-0.2, -0.15) is 0 Å². The zero-order valence-electron chi connectivity index (χ0n) is 20.1. The first kappa shape index (κ1) is 24.3. The molecule has 5 rings (SSSR count). The summed E-state index contributed by atoms with van der Waals surface area (Å²) in [4.78, 5) is 39.9. The van der Waals surface area contributed by atoms with Crippen molar-refractivity contribution in [1.82, 2.24) is 4.90 Å². The van der Waals surface area contributed by atoms with Crippen LogP contribution < -0.4 is 10.1 Å². The number of para-hydroxylation sites is 1. The summed E-state index contributed by atoms with van der Waals surface area (Å²) in [6.45, 7) is 1.98. The van der Waals surface area contributed by atoms with Gasteiger partial charge in [-0.05, 0) is 59.3 Å². The van der Waals surface area contributed by atoms with Crippen LogP contribution in [-0.2, 0) is 16.1 Å². The third-order valence-electron chi connectivity index (χ3n) is 5.98. The van der Waals surface area contributed by atoms with Crippen molar-refractivity contribution in [3.8, 4) is 5.75 Å². The van der Waals surface area contributed by atoms with Gasteiger partial charge in [0.25, 0.3) is 17.1 Å². The monoisotopic (exact) mass is 508 g/mol. The summed E-state index contributed by atoms with van der Waals surface area (Å²) >= 11 is 0.901. The predicted octanol–water partition coefficient (Wildman–Crippen LogP) is 6.40. The van der Waals surface area contributed by atoms with Crippen LogP contribution in [0.3, 0.4) is 0 Å². The number of imide groups is 1. The average molecular weight is 509 g/mol. The molecule has 0 aromatic heterocycles. The van der Waals surface area contributed by atoms with E-state index in [0.717, 1.165) is 33.7 Å². The van der Waals surface area contributed by atoms with Gasteiger partial charge in [0.2, 0.25) is 0 Å². The number of carbonyl (C=O) groups is 3. The van der Waals surface area contributed by atoms with E-state index in [0.29, 0.717) is 21.9 Å².